The molecule has 0 aliphatic carbocycles. The van der Waals surface area contributed by atoms with Crippen molar-refractivity contribution in [3.63, 3.8) is 0 Å². The average molecular weight is 193 g/mol. The molecule has 0 bridgehead atoms. The molecule has 14 heavy (non-hydrogen) atoms. The second-order valence-electron chi connectivity index (χ2n) is 3.38. The van der Waals surface area contributed by atoms with Crippen LogP contribution >= 0.6 is 0 Å². The van der Waals surface area contributed by atoms with Crippen LogP contribution in [0.1, 0.15) is 20.3 Å². The number of nitrogens with one attached hydrogen (secondary N) is 1. The Labute approximate surface area is 86.3 Å². The van der Waals surface area contributed by atoms with Gasteiger partial charge in [-0.3, -0.25) is 0 Å². The Morgan fingerprint density at radius 3 is 2.64 bits per heavy atom. The van der Waals surface area contributed by atoms with Crippen molar-refractivity contribution >= 4 is 5.69 Å². The highest BCUT2D eigenvalue weighted by molar-refractivity contribution is 5.42. The smallest absolute Gasteiger partial charge is 0.0642 e. The summed E-state index contributed by atoms with van der Waals surface area (Å²) in [5.74, 6) is 0. The first-order chi connectivity index (χ1) is 6.83. The van der Waals surface area contributed by atoms with Crippen LogP contribution in [0.15, 0.2) is 30.3 Å². The molecular weight excluding hydrogens is 174 g/mol. The van der Waals surface area contributed by atoms with Gasteiger partial charge in [-0.25, -0.2) is 0 Å². The number of anilines is 1. The van der Waals surface area contributed by atoms with E-state index >= 15 is 0 Å². The van der Waals surface area contributed by atoms with E-state index < -0.39 is 0 Å². The molecule has 0 aliphatic rings. The minimum atomic E-state index is 0.368. The van der Waals surface area contributed by atoms with E-state index in [9.17, 15) is 0 Å². The SMILES string of the molecule is CCC(C)OCCNc1ccccc1. The van der Waals surface area contributed by atoms with Gasteiger partial charge < -0.3 is 10.1 Å². The second kappa shape index (κ2) is 6.44. The van der Waals surface area contributed by atoms with Crippen molar-refractivity contribution in [2.24, 2.45) is 0 Å². The van der Waals surface area contributed by atoms with Crippen molar-refractivity contribution in [3.05, 3.63) is 30.3 Å². The lowest BCUT2D eigenvalue weighted by atomic mass is 10.3. The van der Waals surface area contributed by atoms with E-state index in [1.54, 1.807) is 0 Å². The fourth-order valence-corrected chi connectivity index (χ4v) is 1.13. The first kappa shape index (κ1) is 11.1. The van der Waals surface area contributed by atoms with Crippen LogP contribution in [0.25, 0.3) is 0 Å². The van der Waals surface area contributed by atoms with Gasteiger partial charge in [0.25, 0.3) is 0 Å². The lowest BCUT2D eigenvalue weighted by Gasteiger charge is -2.11. The lowest BCUT2D eigenvalue weighted by Crippen LogP contribution is -2.14. The van der Waals surface area contributed by atoms with Crippen molar-refractivity contribution in [2.75, 3.05) is 18.5 Å². The zero-order valence-electron chi connectivity index (χ0n) is 8.99. The number of benzene rings is 1. The lowest BCUT2D eigenvalue weighted by molar-refractivity contribution is 0.0713. The second-order valence-corrected chi connectivity index (χ2v) is 3.38. The van der Waals surface area contributed by atoms with Crippen LogP contribution in [-0.2, 0) is 4.74 Å². The summed E-state index contributed by atoms with van der Waals surface area (Å²) in [5.41, 5.74) is 1.15. The zero-order chi connectivity index (χ0) is 10.2. The fraction of sp³-hybridized carbons (Fsp3) is 0.500. The van der Waals surface area contributed by atoms with Crippen LogP contribution in [0.3, 0.4) is 0 Å². The molecule has 2 heteroatoms. The van der Waals surface area contributed by atoms with Gasteiger partial charge in [0.2, 0.25) is 0 Å². The predicted octanol–water partition coefficient (Wildman–Crippen LogP) is 2.91. The Morgan fingerprint density at radius 2 is 2.00 bits per heavy atom. The summed E-state index contributed by atoms with van der Waals surface area (Å²) in [6, 6.07) is 10.2. The van der Waals surface area contributed by atoms with E-state index in [0.717, 1.165) is 25.3 Å². The van der Waals surface area contributed by atoms with Crippen molar-refractivity contribution in [1.82, 2.24) is 0 Å². The van der Waals surface area contributed by atoms with Crippen LogP contribution in [0.5, 0.6) is 0 Å². The van der Waals surface area contributed by atoms with E-state index in [0.29, 0.717) is 6.10 Å². The molecule has 0 aromatic heterocycles. The molecule has 0 radical (unpaired) electrons. The van der Waals surface area contributed by atoms with E-state index in [1.165, 1.54) is 0 Å². The number of hydrogen-bond acceptors (Lipinski definition) is 2. The highest BCUT2D eigenvalue weighted by atomic mass is 16.5. The summed E-state index contributed by atoms with van der Waals surface area (Å²) < 4.78 is 5.55. The molecule has 0 aliphatic heterocycles. The zero-order valence-corrected chi connectivity index (χ0v) is 8.99. The third kappa shape index (κ3) is 4.28. The summed E-state index contributed by atoms with van der Waals surface area (Å²) in [6.07, 6.45) is 1.44. The van der Waals surface area contributed by atoms with Crippen molar-refractivity contribution in [2.45, 2.75) is 26.4 Å². The summed E-state index contributed by atoms with van der Waals surface area (Å²) >= 11 is 0. The van der Waals surface area contributed by atoms with Crippen molar-refractivity contribution < 1.29 is 4.74 Å². The molecule has 0 saturated carbocycles. The molecule has 0 spiro atoms. The largest absolute Gasteiger partial charge is 0.383 e. The number of rotatable bonds is 6. The molecule has 1 unspecified atom stereocenters. The van der Waals surface area contributed by atoms with Crippen LogP contribution in [-0.4, -0.2) is 19.3 Å². The van der Waals surface area contributed by atoms with Gasteiger partial charge in [0.1, 0.15) is 0 Å². The van der Waals surface area contributed by atoms with Crippen LogP contribution in [0, 0.1) is 0 Å². The molecule has 1 atom stereocenters. The van der Waals surface area contributed by atoms with E-state index in [1.807, 2.05) is 18.2 Å². The number of ether oxygens (including phenoxy) is 1. The topological polar surface area (TPSA) is 21.3 Å². The van der Waals surface area contributed by atoms with Crippen LogP contribution in [0.4, 0.5) is 5.69 Å². The maximum atomic E-state index is 5.55. The minimum absolute atomic E-state index is 0.368. The van der Waals surface area contributed by atoms with Gasteiger partial charge in [-0.15, -0.1) is 0 Å². The highest BCUT2D eigenvalue weighted by Crippen LogP contribution is 2.04. The van der Waals surface area contributed by atoms with Gasteiger partial charge in [-0.1, -0.05) is 25.1 Å². The molecule has 2 nitrogen and oxygen atoms in total. The Kier molecular flexibility index (Phi) is 5.08. The van der Waals surface area contributed by atoms with Gasteiger partial charge in [0.15, 0.2) is 0 Å². The normalized spacial score (nSPS) is 12.4. The monoisotopic (exact) mass is 193 g/mol. The predicted molar refractivity (Wildman–Crippen MR) is 60.6 cm³/mol. The Hall–Kier alpha value is -1.02. The number of para-hydroxylation sites is 1. The molecule has 0 fully saturated rings. The molecule has 1 aromatic rings. The summed E-state index contributed by atoms with van der Waals surface area (Å²) in [4.78, 5) is 0. The van der Waals surface area contributed by atoms with Gasteiger partial charge >= 0.3 is 0 Å². The molecule has 0 saturated heterocycles. The Balaban J connectivity index is 2.10. The minimum Gasteiger partial charge on any atom is -0.383 e. The maximum Gasteiger partial charge on any atom is 0.0642 e. The molecule has 1 aromatic carbocycles. The first-order valence-corrected chi connectivity index (χ1v) is 5.23. The van der Waals surface area contributed by atoms with E-state index in [-0.39, 0.29) is 0 Å². The maximum absolute atomic E-state index is 5.55. The molecule has 78 valence electrons. The summed E-state index contributed by atoms with van der Waals surface area (Å²) in [5, 5.41) is 3.30. The Bertz CT molecular complexity index is 235. The highest BCUT2D eigenvalue weighted by Gasteiger charge is 1.96. The van der Waals surface area contributed by atoms with E-state index in [2.05, 4.69) is 31.3 Å². The molecule has 1 rings (SSSR count). The van der Waals surface area contributed by atoms with Crippen molar-refractivity contribution in [1.29, 1.82) is 0 Å². The van der Waals surface area contributed by atoms with Crippen LogP contribution < -0.4 is 5.32 Å². The van der Waals surface area contributed by atoms with Crippen molar-refractivity contribution in [3.8, 4) is 0 Å². The van der Waals surface area contributed by atoms with E-state index in [4.69, 9.17) is 4.74 Å². The van der Waals surface area contributed by atoms with Gasteiger partial charge in [0.05, 0.1) is 12.7 Å². The summed E-state index contributed by atoms with van der Waals surface area (Å²) in [6.45, 7) is 5.87. The third-order valence-electron chi connectivity index (χ3n) is 2.18. The molecule has 1 N–H and O–H groups in total. The first-order valence-electron chi connectivity index (χ1n) is 5.23. The standard InChI is InChI=1S/C12H19NO/c1-3-11(2)14-10-9-13-12-7-5-4-6-8-12/h4-8,11,13H,3,9-10H2,1-2H3. The van der Waals surface area contributed by atoms with Crippen LogP contribution in [0.2, 0.25) is 0 Å². The van der Waals surface area contributed by atoms with Gasteiger partial charge in [-0.05, 0) is 25.5 Å². The summed E-state index contributed by atoms with van der Waals surface area (Å²) in [7, 11) is 0. The quantitative estimate of drug-likeness (QED) is 0.701. The van der Waals surface area contributed by atoms with Gasteiger partial charge in [0, 0.05) is 12.2 Å². The third-order valence-corrected chi connectivity index (χ3v) is 2.18. The molecule has 0 heterocycles. The fourth-order valence-electron chi connectivity index (χ4n) is 1.13. The average Bonchev–Trinajstić information content (AvgIpc) is 2.25. The number of hydrogen-bond donors (Lipinski definition) is 1. The molecule has 0 amide bonds. The molecular formula is C12H19NO. The Morgan fingerprint density at radius 1 is 1.29 bits per heavy atom. The van der Waals surface area contributed by atoms with Gasteiger partial charge in [-0.2, -0.15) is 0 Å².